The molecule has 0 aliphatic carbocycles. The largest absolute Gasteiger partial charge is 0.497 e. The van der Waals surface area contributed by atoms with Crippen LogP contribution < -0.4 is 15.4 Å². The first kappa shape index (κ1) is 20.6. The van der Waals surface area contributed by atoms with E-state index in [0.717, 1.165) is 30.6 Å². The molecule has 3 amide bonds. The molecule has 1 aliphatic heterocycles. The number of piperidine rings is 1. The van der Waals surface area contributed by atoms with Crippen LogP contribution in [0.2, 0.25) is 0 Å². The van der Waals surface area contributed by atoms with Crippen molar-refractivity contribution in [2.24, 2.45) is 5.92 Å². The molecule has 1 fully saturated rings. The van der Waals surface area contributed by atoms with Gasteiger partial charge in [0.15, 0.2) is 0 Å². The van der Waals surface area contributed by atoms with E-state index in [-0.39, 0.29) is 11.9 Å². The zero-order valence-corrected chi connectivity index (χ0v) is 16.8. The second-order valence-corrected chi connectivity index (χ2v) is 7.21. The fourth-order valence-corrected chi connectivity index (χ4v) is 3.42. The maximum Gasteiger partial charge on any atom is 0.314 e. The summed E-state index contributed by atoms with van der Waals surface area (Å²) in [5.41, 5.74) is 1.78. The highest BCUT2D eigenvalue weighted by molar-refractivity contribution is 5.93. The number of aromatic nitrogens is 1. The van der Waals surface area contributed by atoms with Gasteiger partial charge in [0.25, 0.3) is 5.91 Å². The Morgan fingerprint density at radius 3 is 2.55 bits per heavy atom. The smallest absolute Gasteiger partial charge is 0.314 e. The van der Waals surface area contributed by atoms with Crippen molar-refractivity contribution in [1.29, 1.82) is 0 Å². The predicted molar refractivity (Wildman–Crippen MR) is 111 cm³/mol. The number of hydrogen-bond donors (Lipinski definition) is 2. The van der Waals surface area contributed by atoms with Crippen molar-refractivity contribution in [2.45, 2.75) is 19.3 Å². The van der Waals surface area contributed by atoms with E-state index in [4.69, 9.17) is 4.74 Å². The van der Waals surface area contributed by atoms with Crippen LogP contribution in [-0.2, 0) is 6.42 Å². The van der Waals surface area contributed by atoms with E-state index in [1.54, 1.807) is 31.6 Å². The second kappa shape index (κ2) is 10.5. The normalized spacial score (nSPS) is 14.3. The van der Waals surface area contributed by atoms with E-state index in [2.05, 4.69) is 15.6 Å². The summed E-state index contributed by atoms with van der Waals surface area (Å²) in [6, 6.07) is 11.3. The number of nitrogens with zero attached hydrogens (tertiary/aromatic N) is 2. The molecule has 2 heterocycles. The Labute approximate surface area is 171 Å². The third kappa shape index (κ3) is 6.20. The number of rotatable bonds is 7. The summed E-state index contributed by atoms with van der Waals surface area (Å²) in [6.45, 7) is 2.62. The molecule has 0 radical (unpaired) electrons. The van der Waals surface area contributed by atoms with Gasteiger partial charge in [-0.05, 0) is 55.0 Å². The van der Waals surface area contributed by atoms with Gasteiger partial charge >= 0.3 is 6.03 Å². The lowest BCUT2D eigenvalue weighted by Crippen LogP contribution is -2.43. The van der Waals surface area contributed by atoms with Crippen LogP contribution in [0.25, 0.3) is 0 Å². The molecule has 0 atom stereocenters. The number of urea groups is 1. The summed E-state index contributed by atoms with van der Waals surface area (Å²) in [5.74, 6) is 1.24. The number of nitrogens with one attached hydrogen (secondary N) is 2. The molecule has 7 heteroatoms. The summed E-state index contributed by atoms with van der Waals surface area (Å²) < 4.78 is 5.14. The molecule has 0 saturated carbocycles. The van der Waals surface area contributed by atoms with Gasteiger partial charge in [-0.3, -0.25) is 9.78 Å². The monoisotopic (exact) mass is 396 g/mol. The molecule has 29 heavy (non-hydrogen) atoms. The molecule has 0 spiro atoms. The predicted octanol–water partition coefficient (Wildman–Crippen LogP) is 2.48. The molecule has 7 nitrogen and oxygen atoms in total. The van der Waals surface area contributed by atoms with Gasteiger partial charge in [0.1, 0.15) is 5.75 Å². The third-order valence-electron chi connectivity index (χ3n) is 5.22. The van der Waals surface area contributed by atoms with Gasteiger partial charge in [0, 0.05) is 38.6 Å². The Bertz CT molecular complexity index is 787. The highest BCUT2D eigenvalue weighted by atomic mass is 16.5. The molecule has 0 unspecified atom stereocenters. The van der Waals surface area contributed by atoms with E-state index < -0.39 is 0 Å². The number of ether oxygens (including phenoxy) is 1. The van der Waals surface area contributed by atoms with Gasteiger partial charge in [0.05, 0.1) is 12.7 Å². The first-order valence-corrected chi connectivity index (χ1v) is 9.99. The Morgan fingerprint density at radius 1 is 1.14 bits per heavy atom. The molecule has 1 aliphatic rings. The minimum atomic E-state index is -0.146. The molecule has 1 aromatic carbocycles. The third-order valence-corrected chi connectivity index (χ3v) is 5.22. The first-order chi connectivity index (χ1) is 14.2. The maximum absolute atomic E-state index is 12.4. The maximum atomic E-state index is 12.4. The molecule has 2 aromatic rings. The minimum Gasteiger partial charge on any atom is -0.497 e. The summed E-state index contributed by atoms with van der Waals surface area (Å²) in [4.78, 5) is 30.3. The highest BCUT2D eigenvalue weighted by Crippen LogP contribution is 2.18. The minimum absolute atomic E-state index is 0.0285. The number of hydrogen-bond acceptors (Lipinski definition) is 4. The lowest BCUT2D eigenvalue weighted by Gasteiger charge is -2.32. The standard InChI is InChI=1S/C22H28N4O3/c1-29-20-6-4-17(5-7-20)8-12-24-22(28)25-15-18-9-13-26(14-10-18)21(27)19-3-2-11-23-16-19/h2-7,11,16,18H,8-10,12-15H2,1H3,(H2,24,25,28). The topological polar surface area (TPSA) is 83.6 Å². The van der Waals surface area contributed by atoms with Crippen molar-refractivity contribution < 1.29 is 14.3 Å². The zero-order chi connectivity index (χ0) is 20.5. The van der Waals surface area contributed by atoms with E-state index in [9.17, 15) is 9.59 Å². The van der Waals surface area contributed by atoms with Crippen molar-refractivity contribution in [3.8, 4) is 5.75 Å². The second-order valence-electron chi connectivity index (χ2n) is 7.21. The number of benzene rings is 1. The average Bonchev–Trinajstić information content (AvgIpc) is 2.78. The highest BCUT2D eigenvalue weighted by Gasteiger charge is 2.23. The molecular weight excluding hydrogens is 368 g/mol. The van der Waals surface area contributed by atoms with Crippen molar-refractivity contribution in [3.63, 3.8) is 0 Å². The summed E-state index contributed by atoms with van der Waals surface area (Å²) >= 11 is 0. The quantitative estimate of drug-likeness (QED) is 0.753. The molecule has 154 valence electrons. The average molecular weight is 396 g/mol. The van der Waals surface area contributed by atoms with Crippen LogP contribution in [0.4, 0.5) is 4.79 Å². The SMILES string of the molecule is COc1ccc(CCNC(=O)NCC2CCN(C(=O)c3cccnc3)CC2)cc1. The van der Waals surface area contributed by atoms with Gasteiger partial charge < -0.3 is 20.3 Å². The van der Waals surface area contributed by atoms with Crippen LogP contribution in [0.5, 0.6) is 5.75 Å². The van der Waals surface area contributed by atoms with Gasteiger partial charge in [-0.1, -0.05) is 12.1 Å². The Kier molecular flexibility index (Phi) is 7.44. The van der Waals surface area contributed by atoms with Crippen molar-refractivity contribution in [3.05, 3.63) is 59.9 Å². The fraction of sp³-hybridized carbons (Fsp3) is 0.409. The van der Waals surface area contributed by atoms with E-state index >= 15 is 0 Å². The lowest BCUT2D eigenvalue weighted by molar-refractivity contribution is 0.0690. The van der Waals surface area contributed by atoms with Crippen LogP contribution >= 0.6 is 0 Å². The molecule has 2 N–H and O–H groups in total. The summed E-state index contributed by atoms with van der Waals surface area (Å²) in [5, 5.41) is 5.84. The van der Waals surface area contributed by atoms with Gasteiger partial charge in [0.2, 0.25) is 0 Å². The summed E-state index contributed by atoms with van der Waals surface area (Å²) in [7, 11) is 1.64. The lowest BCUT2D eigenvalue weighted by atomic mass is 9.96. The van der Waals surface area contributed by atoms with Crippen LogP contribution in [0.1, 0.15) is 28.8 Å². The van der Waals surface area contributed by atoms with Gasteiger partial charge in [-0.25, -0.2) is 4.79 Å². The molecule has 0 bridgehead atoms. The van der Waals surface area contributed by atoms with E-state index in [0.29, 0.717) is 37.7 Å². The van der Waals surface area contributed by atoms with Crippen LogP contribution in [0.15, 0.2) is 48.8 Å². The van der Waals surface area contributed by atoms with Crippen LogP contribution in [0, 0.1) is 5.92 Å². The number of carbonyl (C=O) groups excluding carboxylic acids is 2. The zero-order valence-electron chi connectivity index (χ0n) is 16.8. The van der Waals surface area contributed by atoms with E-state index in [1.807, 2.05) is 29.2 Å². The molecule has 1 saturated heterocycles. The van der Waals surface area contributed by atoms with Crippen molar-refractivity contribution in [2.75, 3.05) is 33.3 Å². The number of carbonyl (C=O) groups is 2. The van der Waals surface area contributed by atoms with Gasteiger partial charge in [-0.2, -0.15) is 0 Å². The van der Waals surface area contributed by atoms with Crippen LogP contribution in [0.3, 0.4) is 0 Å². The van der Waals surface area contributed by atoms with Crippen LogP contribution in [-0.4, -0.2) is 55.1 Å². The van der Waals surface area contributed by atoms with Gasteiger partial charge in [-0.15, -0.1) is 0 Å². The Balaban J connectivity index is 1.31. The molecule has 3 rings (SSSR count). The summed E-state index contributed by atoms with van der Waals surface area (Å²) in [6.07, 6.45) is 5.81. The van der Waals surface area contributed by atoms with Crippen molar-refractivity contribution >= 4 is 11.9 Å². The van der Waals surface area contributed by atoms with E-state index in [1.165, 1.54) is 0 Å². The number of amides is 3. The number of methoxy groups -OCH3 is 1. The molecule has 1 aromatic heterocycles. The molecular formula is C22H28N4O3. The van der Waals surface area contributed by atoms with Crippen molar-refractivity contribution in [1.82, 2.24) is 20.5 Å². The fourth-order valence-electron chi connectivity index (χ4n) is 3.42. The number of likely N-dealkylation sites (tertiary alicyclic amines) is 1. The number of pyridine rings is 1. The Hall–Kier alpha value is -3.09. The first-order valence-electron chi connectivity index (χ1n) is 9.99. The Morgan fingerprint density at radius 2 is 1.90 bits per heavy atom.